The van der Waals surface area contributed by atoms with Crippen LogP contribution in [0.25, 0.3) is 22.4 Å². The van der Waals surface area contributed by atoms with Gasteiger partial charge in [0.2, 0.25) is 11.8 Å². The van der Waals surface area contributed by atoms with Crippen molar-refractivity contribution in [3.05, 3.63) is 96.8 Å². The number of aryl methyl sites for hydroxylation is 2. The molecule has 1 fully saturated rings. The molecule has 4 N–H and O–H groups in total. The SMILES string of the molecule is COc1nc(-c2cccc(-c3cccc(NC(=O)c4cn(C)c(=O)[nH]c4=O)c3C)c2Cl)cc2c1[C@@H](NC[C@@H]1CCC(=O)N1)CC2. The highest BCUT2D eigenvalue weighted by Gasteiger charge is 2.30. The number of methoxy groups -OCH3 is 1. The Hall–Kier alpha value is -4.74. The van der Waals surface area contributed by atoms with Crippen molar-refractivity contribution in [1.29, 1.82) is 0 Å². The number of carbonyl (C=O) groups is 2. The Bertz CT molecular complexity index is 1950. The average Bonchev–Trinajstić information content (AvgIpc) is 3.64. The number of anilines is 1. The minimum absolute atomic E-state index is 0.0766. The smallest absolute Gasteiger partial charge is 0.328 e. The van der Waals surface area contributed by atoms with Crippen LogP contribution in [0.5, 0.6) is 5.88 Å². The van der Waals surface area contributed by atoms with Gasteiger partial charge in [0.25, 0.3) is 11.5 Å². The summed E-state index contributed by atoms with van der Waals surface area (Å²) >= 11 is 7.07. The van der Waals surface area contributed by atoms with Crippen molar-refractivity contribution in [2.45, 2.75) is 44.7 Å². The molecule has 2 aromatic carbocycles. The van der Waals surface area contributed by atoms with E-state index in [1.165, 1.54) is 13.2 Å². The number of halogens is 1. The number of hydrogen-bond donors (Lipinski definition) is 4. The maximum absolute atomic E-state index is 13.0. The molecule has 12 heteroatoms. The van der Waals surface area contributed by atoms with Crippen molar-refractivity contribution in [3.8, 4) is 28.3 Å². The minimum Gasteiger partial charge on any atom is -0.481 e. The van der Waals surface area contributed by atoms with Crippen LogP contribution in [0, 0.1) is 6.92 Å². The number of aromatic amines is 1. The first kappa shape index (κ1) is 30.3. The van der Waals surface area contributed by atoms with Gasteiger partial charge >= 0.3 is 5.69 Å². The van der Waals surface area contributed by atoms with Crippen LogP contribution in [0.3, 0.4) is 0 Å². The predicted molar refractivity (Wildman–Crippen MR) is 172 cm³/mol. The summed E-state index contributed by atoms with van der Waals surface area (Å²) in [6.45, 7) is 2.55. The molecule has 3 heterocycles. The summed E-state index contributed by atoms with van der Waals surface area (Å²) < 4.78 is 6.92. The van der Waals surface area contributed by atoms with Crippen molar-refractivity contribution in [3.63, 3.8) is 0 Å². The predicted octanol–water partition coefficient (Wildman–Crippen LogP) is 3.88. The lowest BCUT2D eigenvalue weighted by molar-refractivity contribution is -0.119. The number of pyridine rings is 1. The van der Waals surface area contributed by atoms with Crippen LogP contribution in [0.2, 0.25) is 5.02 Å². The number of benzene rings is 2. The number of amides is 2. The molecule has 232 valence electrons. The molecule has 0 bridgehead atoms. The van der Waals surface area contributed by atoms with Gasteiger partial charge in [-0.1, -0.05) is 41.9 Å². The van der Waals surface area contributed by atoms with Gasteiger partial charge in [0.1, 0.15) is 5.56 Å². The van der Waals surface area contributed by atoms with E-state index >= 15 is 0 Å². The first-order valence-corrected chi connectivity index (χ1v) is 15.1. The van der Waals surface area contributed by atoms with Crippen molar-refractivity contribution in [1.82, 2.24) is 25.2 Å². The molecule has 0 spiro atoms. The van der Waals surface area contributed by atoms with Gasteiger partial charge in [-0.05, 0) is 55.0 Å². The first-order chi connectivity index (χ1) is 21.6. The van der Waals surface area contributed by atoms with Crippen LogP contribution in [-0.2, 0) is 18.3 Å². The van der Waals surface area contributed by atoms with Gasteiger partial charge in [-0.25, -0.2) is 9.78 Å². The zero-order valence-electron chi connectivity index (χ0n) is 25.1. The molecule has 11 nitrogen and oxygen atoms in total. The molecule has 6 rings (SSSR count). The highest BCUT2D eigenvalue weighted by Crippen LogP contribution is 2.43. The van der Waals surface area contributed by atoms with Crippen LogP contribution < -0.4 is 31.9 Å². The van der Waals surface area contributed by atoms with Gasteiger partial charge in [0.15, 0.2) is 0 Å². The second-order valence-corrected chi connectivity index (χ2v) is 11.8. The summed E-state index contributed by atoms with van der Waals surface area (Å²) in [7, 11) is 3.07. The summed E-state index contributed by atoms with van der Waals surface area (Å²) in [4.78, 5) is 55.6. The van der Waals surface area contributed by atoms with Crippen molar-refractivity contribution in [2.24, 2.45) is 7.05 Å². The van der Waals surface area contributed by atoms with Gasteiger partial charge in [-0.15, -0.1) is 0 Å². The van der Waals surface area contributed by atoms with E-state index < -0.39 is 17.2 Å². The highest BCUT2D eigenvalue weighted by molar-refractivity contribution is 6.36. The monoisotopic (exact) mass is 628 g/mol. The van der Waals surface area contributed by atoms with Crippen molar-refractivity contribution < 1.29 is 14.3 Å². The number of carbonyl (C=O) groups excluding carboxylic acids is 2. The molecule has 2 aromatic heterocycles. The number of nitrogens with one attached hydrogen (secondary N) is 4. The van der Waals surface area contributed by atoms with Crippen molar-refractivity contribution in [2.75, 3.05) is 19.0 Å². The molecule has 1 aliphatic carbocycles. The minimum atomic E-state index is -0.762. The van der Waals surface area contributed by atoms with Gasteiger partial charge in [0.05, 0.1) is 17.8 Å². The third-order valence-corrected chi connectivity index (χ3v) is 8.96. The lowest BCUT2D eigenvalue weighted by Crippen LogP contribution is -2.36. The Morgan fingerprint density at radius 3 is 2.60 bits per heavy atom. The lowest BCUT2D eigenvalue weighted by atomic mass is 9.96. The molecule has 2 atom stereocenters. The normalized spacial score (nSPS) is 17.2. The molecule has 0 radical (unpaired) electrons. The van der Waals surface area contributed by atoms with E-state index in [0.717, 1.165) is 57.2 Å². The van der Waals surface area contributed by atoms with E-state index in [1.807, 2.05) is 31.2 Å². The summed E-state index contributed by atoms with van der Waals surface area (Å²) in [6, 6.07) is 13.5. The molecular formula is C33H33ClN6O5. The Balaban J connectivity index is 1.29. The van der Waals surface area contributed by atoms with E-state index in [1.54, 1.807) is 19.2 Å². The zero-order valence-corrected chi connectivity index (χ0v) is 25.9. The highest BCUT2D eigenvalue weighted by atomic mass is 35.5. The lowest BCUT2D eigenvalue weighted by Gasteiger charge is -2.20. The molecule has 1 aliphatic heterocycles. The average molecular weight is 629 g/mol. The maximum atomic E-state index is 13.0. The summed E-state index contributed by atoms with van der Waals surface area (Å²) in [6.07, 6.45) is 4.36. The van der Waals surface area contributed by atoms with Crippen LogP contribution >= 0.6 is 11.6 Å². The number of hydrogen-bond acceptors (Lipinski definition) is 7. The topological polar surface area (TPSA) is 147 Å². The van der Waals surface area contributed by atoms with Crippen molar-refractivity contribution >= 4 is 29.1 Å². The number of fused-ring (bicyclic) bond motifs is 1. The third kappa shape index (κ3) is 5.88. The Morgan fingerprint density at radius 2 is 1.84 bits per heavy atom. The van der Waals surface area contributed by atoms with E-state index in [2.05, 4.69) is 27.0 Å². The van der Waals surface area contributed by atoms with Gasteiger partial charge in [-0.3, -0.25) is 19.4 Å². The summed E-state index contributed by atoms with van der Waals surface area (Å²) in [5.74, 6) is 0.00657. The fourth-order valence-electron chi connectivity index (χ4n) is 6.13. The van der Waals surface area contributed by atoms with E-state index in [0.29, 0.717) is 35.2 Å². The van der Waals surface area contributed by atoms with Gasteiger partial charge in [0, 0.05) is 60.7 Å². The second kappa shape index (κ2) is 12.3. The largest absolute Gasteiger partial charge is 0.481 e. The van der Waals surface area contributed by atoms with Crippen LogP contribution in [0.15, 0.2) is 58.3 Å². The fourth-order valence-corrected chi connectivity index (χ4v) is 6.46. The molecule has 0 unspecified atom stereocenters. The van der Waals surface area contributed by atoms with Gasteiger partial charge in [-0.2, -0.15) is 0 Å². The number of aromatic nitrogens is 3. The molecule has 2 amide bonds. The van der Waals surface area contributed by atoms with E-state index in [4.69, 9.17) is 21.3 Å². The zero-order chi connectivity index (χ0) is 31.8. The van der Waals surface area contributed by atoms with E-state index in [9.17, 15) is 19.2 Å². The molecule has 2 aliphatic rings. The quantitative estimate of drug-likeness (QED) is 0.232. The third-order valence-electron chi connectivity index (χ3n) is 8.55. The van der Waals surface area contributed by atoms with E-state index in [-0.39, 0.29) is 23.6 Å². The second-order valence-electron chi connectivity index (χ2n) is 11.4. The summed E-state index contributed by atoms with van der Waals surface area (Å²) in [5.41, 5.74) is 4.86. The maximum Gasteiger partial charge on any atom is 0.328 e. The van der Waals surface area contributed by atoms with Crippen LogP contribution in [-0.4, -0.2) is 46.0 Å². The molecular weight excluding hydrogens is 596 g/mol. The molecule has 4 aromatic rings. The number of H-pyrrole nitrogens is 1. The van der Waals surface area contributed by atoms with Gasteiger partial charge < -0.3 is 25.3 Å². The molecule has 1 saturated heterocycles. The summed E-state index contributed by atoms with van der Waals surface area (Å²) in [5, 5.41) is 9.90. The molecule has 45 heavy (non-hydrogen) atoms. The van der Waals surface area contributed by atoms with Crippen LogP contribution in [0.4, 0.5) is 5.69 Å². The Morgan fingerprint density at radius 1 is 1.09 bits per heavy atom. The Labute approximate surface area is 264 Å². The van der Waals surface area contributed by atoms with Crippen LogP contribution in [0.1, 0.15) is 52.4 Å². The standard InChI is InChI=1S/C33H33ClN6O5/c1-17-20(6-5-9-24(17)37-30(42)23-16-40(2)33(44)39-31(23)43)21-7-4-8-22(29(21)34)26-14-18-10-12-25(28(18)32(38-26)45-3)35-15-19-11-13-27(41)36-19/h4-9,14,16,19,25,35H,10-13,15H2,1-3H3,(H,36,41)(H,37,42)(H,39,43,44)/t19-,25-/m0/s1. The molecule has 0 saturated carbocycles. The number of rotatable bonds is 8. The number of ether oxygens (including phenoxy) is 1. The number of nitrogens with zero attached hydrogens (tertiary/aromatic N) is 2. The first-order valence-electron chi connectivity index (χ1n) is 14.7. The Kier molecular flexibility index (Phi) is 8.30. The fraction of sp³-hybridized carbons (Fsp3) is 0.303.